The Morgan fingerprint density at radius 2 is 2.50 bits per heavy atom. The minimum absolute atomic E-state index is 0.497. The van der Waals surface area contributed by atoms with Crippen molar-refractivity contribution in [2.45, 2.75) is 25.0 Å². The average Bonchev–Trinajstić information content (AvgIpc) is 2.67. The van der Waals surface area contributed by atoms with Crippen LogP contribution >= 0.6 is 0 Å². The van der Waals surface area contributed by atoms with E-state index in [4.69, 9.17) is 0 Å². The average molecular weight is 182 g/mol. The molecule has 0 aromatic rings. The van der Waals surface area contributed by atoms with Crippen LogP contribution in [0.4, 0.5) is 0 Å². The molecular formula is C10H16NS-. The number of hydrogen-bond donors (Lipinski definition) is 1. The maximum atomic E-state index is 3.32. The largest absolute Gasteiger partial charge is 0.438 e. The molecule has 2 aliphatic rings. The van der Waals surface area contributed by atoms with Crippen molar-refractivity contribution in [1.82, 2.24) is 5.32 Å². The molecule has 1 nitrogen and oxygen atoms in total. The second-order valence-corrected chi connectivity index (χ2v) is 5.74. The number of nitrogens with one attached hydrogen (secondary N) is 1. The summed E-state index contributed by atoms with van der Waals surface area (Å²) in [6.45, 7) is 2.26. The van der Waals surface area contributed by atoms with Gasteiger partial charge < -0.3 is 10.3 Å². The molecule has 1 N–H and O–H groups in total. The number of hydrogen-bond acceptors (Lipinski definition) is 2. The van der Waals surface area contributed by atoms with Crippen LogP contribution in [0.3, 0.4) is 0 Å². The summed E-state index contributed by atoms with van der Waals surface area (Å²) in [7, 11) is 2.46. The highest BCUT2D eigenvalue weighted by Crippen LogP contribution is 2.36. The van der Waals surface area contributed by atoms with Crippen molar-refractivity contribution in [3.05, 3.63) is 11.6 Å². The van der Waals surface area contributed by atoms with Gasteiger partial charge >= 0.3 is 0 Å². The zero-order valence-corrected chi connectivity index (χ0v) is 8.58. The van der Waals surface area contributed by atoms with Gasteiger partial charge in [-0.05, 0) is 26.8 Å². The molecule has 0 saturated carbocycles. The second kappa shape index (κ2) is 3.29. The van der Waals surface area contributed by atoms with Gasteiger partial charge in [0, 0.05) is 0 Å². The Balaban J connectivity index is 1.91. The van der Waals surface area contributed by atoms with E-state index in [1.54, 1.807) is 5.57 Å². The van der Waals surface area contributed by atoms with Gasteiger partial charge in [-0.25, -0.2) is 5.31 Å². The monoisotopic (exact) mass is 182 g/mol. The molecule has 1 aliphatic carbocycles. The van der Waals surface area contributed by atoms with Gasteiger partial charge in [0.25, 0.3) is 0 Å². The van der Waals surface area contributed by atoms with E-state index >= 15 is 0 Å². The van der Waals surface area contributed by atoms with Crippen LogP contribution in [-0.2, 0) is 10.3 Å². The standard InChI is InChI=1S/C10H16NS/c1-8-3-4-9(5-8)10-6-12(10)7-11-2/h3,9-11H,4-6H2,1-2H3/q-1. The van der Waals surface area contributed by atoms with E-state index in [-0.39, 0.29) is 0 Å². The summed E-state index contributed by atoms with van der Waals surface area (Å²) in [6, 6.07) is 0. The first-order valence-corrected chi connectivity index (χ1v) is 6.04. The first-order chi connectivity index (χ1) is 5.81. The molecule has 1 fully saturated rings. The molecule has 1 aliphatic heterocycles. The lowest BCUT2D eigenvalue weighted by atomic mass is 10.0. The van der Waals surface area contributed by atoms with E-state index in [2.05, 4.69) is 23.6 Å². The second-order valence-electron chi connectivity index (χ2n) is 3.74. The summed E-state index contributed by atoms with van der Waals surface area (Å²) >= 11 is 0. The van der Waals surface area contributed by atoms with Crippen LogP contribution in [0.1, 0.15) is 19.8 Å². The molecule has 12 heavy (non-hydrogen) atoms. The van der Waals surface area contributed by atoms with E-state index in [1.807, 2.05) is 7.05 Å². The van der Waals surface area contributed by atoms with Gasteiger partial charge in [0.2, 0.25) is 0 Å². The lowest BCUT2D eigenvalue weighted by Crippen LogP contribution is -2.03. The number of allylic oxidation sites excluding steroid dienone is 2. The Morgan fingerprint density at radius 1 is 1.67 bits per heavy atom. The predicted molar refractivity (Wildman–Crippen MR) is 55.4 cm³/mol. The molecule has 0 aromatic heterocycles. The molecular weight excluding hydrogens is 166 g/mol. The lowest BCUT2D eigenvalue weighted by molar-refractivity contribution is 0.586. The van der Waals surface area contributed by atoms with Gasteiger partial charge in [-0.3, -0.25) is 5.32 Å². The molecule has 0 radical (unpaired) electrons. The van der Waals surface area contributed by atoms with Crippen LogP contribution in [0.25, 0.3) is 0 Å². The van der Waals surface area contributed by atoms with Crippen molar-refractivity contribution in [2.24, 2.45) is 5.92 Å². The lowest BCUT2D eigenvalue weighted by Gasteiger charge is -2.10. The maximum absolute atomic E-state index is 3.32. The van der Waals surface area contributed by atoms with Crippen LogP contribution in [0.2, 0.25) is 0 Å². The zero-order valence-electron chi connectivity index (χ0n) is 7.76. The van der Waals surface area contributed by atoms with Crippen molar-refractivity contribution < 1.29 is 0 Å². The molecule has 0 aromatic carbocycles. The zero-order chi connectivity index (χ0) is 8.55. The number of rotatable bonds is 1. The smallest absolute Gasteiger partial charge is 0.00644 e. The van der Waals surface area contributed by atoms with Gasteiger partial charge in [-0.2, -0.15) is 0 Å². The summed E-state index contributed by atoms with van der Waals surface area (Å²) in [5.74, 6) is 2.35. The predicted octanol–water partition coefficient (Wildman–Crippen LogP) is 1.48. The van der Waals surface area contributed by atoms with Crippen LogP contribution in [0, 0.1) is 11.2 Å². The summed E-state index contributed by atoms with van der Waals surface area (Å²) in [5, 5.41) is 7.32. The van der Waals surface area contributed by atoms with Crippen molar-refractivity contribution in [2.75, 3.05) is 12.8 Å². The van der Waals surface area contributed by atoms with Gasteiger partial charge in [0.05, 0.1) is 0 Å². The van der Waals surface area contributed by atoms with E-state index in [1.165, 1.54) is 18.6 Å². The molecule has 0 bridgehead atoms. The molecule has 2 unspecified atom stereocenters. The van der Waals surface area contributed by atoms with Crippen LogP contribution in [0.5, 0.6) is 0 Å². The third-order valence-electron chi connectivity index (χ3n) is 2.71. The Bertz CT molecular complexity index is 292. The highest BCUT2D eigenvalue weighted by molar-refractivity contribution is 7.94. The van der Waals surface area contributed by atoms with E-state index in [9.17, 15) is 0 Å². The normalized spacial score (nSPS) is 34.7. The van der Waals surface area contributed by atoms with Gasteiger partial charge in [-0.1, -0.05) is 17.6 Å². The van der Waals surface area contributed by atoms with Crippen molar-refractivity contribution in [3.63, 3.8) is 0 Å². The Hall–Kier alpha value is -0.170. The molecule has 0 spiro atoms. The van der Waals surface area contributed by atoms with Gasteiger partial charge in [0.1, 0.15) is 0 Å². The SMILES string of the molecule is CNC#[S-]1CC1C1CC=C(C)C1. The fraction of sp³-hybridized carbons (Fsp3) is 0.700. The minimum atomic E-state index is 0.497. The van der Waals surface area contributed by atoms with Crippen molar-refractivity contribution in [3.8, 4) is 5.31 Å². The molecule has 2 heteroatoms. The first-order valence-electron chi connectivity index (χ1n) is 4.59. The quantitative estimate of drug-likeness (QED) is 0.280. The molecule has 1 saturated heterocycles. The summed E-state index contributed by atoms with van der Waals surface area (Å²) in [6.07, 6.45) is 5.08. The minimum Gasteiger partial charge on any atom is -0.438 e. The Labute approximate surface area is 76.8 Å². The molecule has 0 amide bonds. The van der Waals surface area contributed by atoms with Crippen LogP contribution in [0.15, 0.2) is 11.6 Å². The van der Waals surface area contributed by atoms with Gasteiger partial charge in [-0.15, -0.1) is 11.0 Å². The maximum Gasteiger partial charge on any atom is -0.00644 e. The third-order valence-corrected chi connectivity index (χ3v) is 4.74. The summed E-state index contributed by atoms with van der Waals surface area (Å²) in [5.41, 5.74) is 1.60. The molecule has 1 heterocycles. The molecule has 68 valence electrons. The first kappa shape index (κ1) is 8.43. The van der Waals surface area contributed by atoms with E-state index in [0.717, 1.165) is 11.2 Å². The third kappa shape index (κ3) is 1.61. The van der Waals surface area contributed by atoms with Gasteiger partial charge in [0.15, 0.2) is 0 Å². The topological polar surface area (TPSA) is 12.0 Å². The highest BCUT2D eigenvalue weighted by atomic mass is 32.2. The van der Waals surface area contributed by atoms with E-state index in [0.29, 0.717) is 10.3 Å². The Morgan fingerprint density at radius 3 is 3.08 bits per heavy atom. The molecule has 2 atom stereocenters. The van der Waals surface area contributed by atoms with Crippen molar-refractivity contribution in [1.29, 1.82) is 0 Å². The summed E-state index contributed by atoms with van der Waals surface area (Å²) in [4.78, 5) is 0. The highest BCUT2D eigenvalue weighted by Gasteiger charge is 2.25. The Kier molecular flexibility index (Phi) is 2.31. The van der Waals surface area contributed by atoms with Crippen LogP contribution in [-0.4, -0.2) is 18.1 Å². The van der Waals surface area contributed by atoms with Crippen molar-refractivity contribution >= 4 is 10.3 Å². The molecule has 2 rings (SSSR count). The summed E-state index contributed by atoms with van der Waals surface area (Å²) < 4.78 is 0. The van der Waals surface area contributed by atoms with E-state index < -0.39 is 0 Å². The fourth-order valence-electron chi connectivity index (χ4n) is 1.97. The van der Waals surface area contributed by atoms with Crippen LogP contribution < -0.4 is 5.32 Å². The fourth-order valence-corrected chi connectivity index (χ4v) is 3.89.